The van der Waals surface area contributed by atoms with Crippen LogP contribution in [0, 0.1) is 6.92 Å². The molecule has 1 aliphatic heterocycles. The van der Waals surface area contributed by atoms with E-state index < -0.39 is 9.84 Å². The van der Waals surface area contributed by atoms with Gasteiger partial charge in [0.05, 0.1) is 23.7 Å². The van der Waals surface area contributed by atoms with E-state index in [9.17, 15) is 8.42 Å². The molecular weight excluding hydrogens is 260 g/mol. The first-order valence-electron chi connectivity index (χ1n) is 6.35. The molecule has 0 N–H and O–H groups in total. The summed E-state index contributed by atoms with van der Waals surface area (Å²) in [7, 11) is -2.87. The standard InChI is InChI=1S/C14H16N2O2S/c1-11-3-2-4-12(7-11)13-8-15-16(9-13)14-5-6-19(17,18)10-14/h2-4,7-9,14H,5-6,10H2,1H3. The Hall–Kier alpha value is -1.62. The summed E-state index contributed by atoms with van der Waals surface area (Å²) >= 11 is 0. The molecular formula is C14H16N2O2S. The minimum absolute atomic E-state index is 0.0106. The third-order valence-corrected chi connectivity index (χ3v) is 5.29. The third-order valence-electron chi connectivity index (χ3n) is 3.54. The third kappa shape index (κ3) is 2.56. The van der Waals surface area contributed by atoms with Crippen molar-refractivity contribution in [3.8, 4) is 11.1 Å². The van der Waals surface area contributed by atoms with Gasteiger partial charge < -0.3 is 0 Å². The van der Waals surface area contributed by atoms with Gasteiger partial charge in [-0.1, -0.05) is 29.8 Å². The quantitative estimate of drug-likeness (QED) is 0.845. The molecule has 0 aliphatic carbocycles. The van der Waals surface area contributed by atoms with Crippen molar-refractivity contribution in [3.63, 3.8) is 0 Å². The largest absolute Gasteiger partial charge is 0.268 e. The van der Waals surface area contributed by atoms with Crippen LogP contribution in [0.2, 0.25) is 0 Å². The predicted octanol–water partition coefficient (Wildman–Crippen LogP) is 2.22. The highest BCUT2D eigenvalue weighted by Crippen LogP contribution is 2.26. The van der Waals surface area contributed by atoms with Gasteiger partial charge in [-0.05, 0) is 18.9 Å². The highest BCUT2D eigenvalue weighted by Gasteiger charge is 2.29. The summed E-state index contributed by atoms with van der Waals surface area (Å²) < 4.78 is 24.8. The number of aromatic nitrogens is 2. The van der Waals surface area contributed by atoms with Crippen LogP contribution in [-0.2, 0) is 9.84 Å². The van der Waals surface area contributed by atoms with Gasteiger partial charge in [0.25, 0.3) is 0 Å². The van der Waals surface area contributed by atoms with Crippen molar-refractivity contribution in [3.05, 3.63) is 42.2 Å². The van der Waals surface area contributed by atoms with E-state index >= 15 is 0 Å². The Balaban J connectivity index is 1.88. The van der Waals surface area contributed by atoms with Crippen molar-refractivity contribution in [1.29, 1.82) is 0 Å². The molecule has 2 aromatic rings. The van der Waals surface area contributed by atoms with Crippen LogP contribution in [0.5, 0.6) is 0 Å². The van der Waals surface area contributed by atoms with Crippen molar-refractivity contribution in [2.45, 2.75) is 19.4 Å². The zero-order valence-corrected chi connectivity index (χ0v) is 11.6. The average Bonchev–Trinajstić information content (AvgIpc) is 2.95. The van der Waals surface area contributed by atoms with E-state index in [1.54, 1.807) is 10.9 Å². The summed E-state index contributed by atoms with van der Waals surface area (Å²) in [5.74, 6) is 0.485. The van der Waals surface area contributed by atoms with Gasteiger partial charge in [0.1, 0.15) is 0 Å². The van der Waals surface area contributed by atoms with Crippen LogP contribution < -0.4 is 0 Å². The van der Waals surface area contributed by atoms with E-state index in [-0.39, 0.29) is 17.5 Å². The number of aryl methyl sites for hydroxylation is 1. The summed E-state index contributed by atoms with van der Waals surface area (Å²) in [6, 6.07) is 8.20. The number of nitrogens with zero attached hydrogens (tertiary/aromatic N) is 2. The Morgan fingerprint density at radius 2 is 2.16 bits per heavy atom. The maximum absolute atomic E-state index is 11.5. The van der Waals surface area contributed by atoms with Crippen LogP contribution in [0.15, 0.2) is 36.7 Å². The minimum atomic E-state index is -2.87. The summed E-state index contributed by atoms with van der Waals surface area (Å²) in [5.41, 5.74) is 3.36. The van der Waals surface area contributed by atoms with Crippen LogP contribution in [0.25, 0.3) is 11.1 Å². The first-order valence-corrected chi connectivity index (χ1v) is 8.17. The monoisotopic (exact) mass is 276 g/mol. The topological polar surface area (TPSA) is 52.0 Å². The smallest absolute Gasteiger partial charge is 0.152 e. The van der Waals surface area contributed by atoms with Crippen LogP contribution in [0.3, 0.4) is 0 Å². The Labute approximate surface area is 113 Å². The molecule has 1 saturated heterocycles. The molecule has 0 amide bonds. The molecule has 0 spiro atoms. The lowest BCUT2D eigenvalue weighted by molar-refractivity contribution is 0.500. The highest BCUT2D eigenvalue weighted by molar-refractivity contribution is 7.91. The molecule has 1 fully saturated rings. The average molecular weight is 276 g/mol. The molecule has 1 atom stereocenters. The Morgan fingerprint density at radius 3 is 2.84 bits per heavy atom. The number of rotatable bonds is 2. The van der Waals surface area contributed by atoms with Crippen molar-refractivity contribution < 1.29 is 8.42 Å². The number of hydrogen-bond acceptors (Lipinski definition) is 3. The van der Waals surface area contributed by atoms with Crippen molar-refractivity contribution in [1.82, 2.24) is 9.78 Å². The zero-order valence-electron chi connectivity index (χ0n) is 10.8. The summed E-state index contributed by atoms with van der Waals surface area (Å²) in [4.78, 5) is 0. The number of benzene rings is 1. The Bertz CT molecular complexity index is 704. The molecule has 1 aromatic carbocycles. The molecule has 0 radical (unpaired) electrons. The molecule has 1 unspecified atom stereocenters. The lowest BCUT2D eigenvalue weighted by Gasteiger charge is -2.07. The molecule has 3 rings (SSSR count). The molecule has 19 heavy (non-hydrogen) atoms. The van der Waals surface area contributed by atoms with Crippen LogP contribution in [0.4, 0.5) is 0 Å². The minimum Gasteiger partial charge on any atom is -0.268 e. The van der Waals surface area contributed by atoms with Gasteiger partial charge in [0, 0.05) is 11.8 Å². The fourth-order valence-electron chi connectivity index (χ4n) is 2.50. The van der Waals surface area contributed by atoms with E-state index in [1.807, 2.05) is 18.3 Å². The van der Waals surface area contributed by atoms with Crippen molar-refractivity contribution in [2.75, 3.05) is 11.5 Å². The fraction of sp³-hybridized carbons (Fsp3) is 0.357. The van der Waals surface area contributed by atoms with E-state index in [4.69, 9.17) is 0 Å². The lowest BCUT2D eigenvalue weighted by atomic mass is 10.1. The summed E-state index contributed by atoms with van der Waals surface area (Å²) in [6.45, 7) is 2.05. The van der Waals surface area contributed by atoms with Gasteiger partial charge in [0.2, 0.25) is 0 Å². The molecule has 1 aromatic heterocycles. The van der Waals surface area contributed by atoms with Gasteiger partial charge in [-0.3, -0.25) is 4.68 Å². The zero-order chi connectivity index (χ0) is 13.5. The summed E-state index contributed by atoms with van der Waals surface area (Å²) in [6.07, 6.45) is 4.41. The van der Waals surface area contributed by atoms with E-state index in [0.29, 0.717) is 6.42 Å². The first-order chi connectivity index (χ1) is 9.03. The SMILES string of the molecule is Cc1cccc(-c2cnn(C3CCS(=O)(=O)C3)c2)c1. The highest BCUT2D eigenvalue weighted by atomic mass is 32.2. The van der Waals surface area contributed by atoms with Gasteiger partial charge in [-0.2, -0.15) is 5.10 Å². The molecule has 0 saturated carbocycles. The van der Waals surface area contributed by atoms with E-state index in [1.165, 1.54) is 5.56 Å². The maximum atomic E-state index is 11.5. The second kappa shape index (κ2) is 4.49. The number of hydrogen-bond donors (Lipinski definition) is 0. The Kier molecular flexibility index (Phi) is 2.93. The van der Waals surface area contributed by atoms with Crippen molar-refractivity contribution >= 4 is 9.84 Å². The molecule has 5 heteroatoms. The second-order valence-corrected chi connectivity index (χ2v) is 7.36. The van der Waals surface area contributed by atoms with Crippen molar-refractivity contribution in [2.24, 2.45) is 0 Å². The normalized spacial score (nSPS) is 21.6. The number of sulfone groups is 1. The van der Waals surface area contributed by atoms with Crippen LogP contribution in [-0.4, -0.2) is 29.7 Å². The molecule has 1 aliphatic rings. The van der Waals surface area contributed by atoms with Gasteiger partial charge in [0.15, 0.2) is 9.84 Å². The van der Waals surface area contributed by atoms with Gasteiger partial charge in [-0.15, -0.1) is 0 Å². The maximum Gasteiger partial charge on any atom is 0.152 e. The predicted molar refractivity (Wildman–Crippen MR) is 74.7 cm³/mol. The van der Waals surface area contributed by atoms with Gasteiger partial charge in [-0.25, -0.2) is 8.42 Å². The molecule has 0 bridgehead atoms. The molecule has 100 valence electrons. The second-order valence-electron chi connectivity index (χ2n) is 5.14. The molecule has 2 heterocycles. The summed E-state index contributed by atoms with van der Waals surface area (Å²) in [5, 5.41) is 4.32. The van der Waals surface area contributed by atoms with E-state index in [0.717, 1.165) is 11.1 Å². The fourth-order valence-corrected chi connectivity index (χ4v) is 4.20. The van der Waals surface area contributed by atoms with Crippen LogP contribution in [0.1, 0.15) is 18.0 Å². The van der Waals surface area contributed by atoms with Gasteiger partial charge >= 0.3 is 0 Å². The lowest BCUT2D eigenvalue weighted by Crippen LogP contribution is -2.11. The molecule has 4 nitrogen and oxygen atoms in total. The van der Waals surface area contributed by atoms with Crippen LogP contribution >= 0.6 is 0 Å². The first kappa shape index (κ1) is 12.4. The van der Waals surface area contributed by atoms with E-state index in [2.05, 4.69) is 24.2 Å². The Morgan fingerprint density at radius 1 is 1.32 bits per heavy atom.